The van der Waals surface area contributed by atoms with Crippen LogP contribution in [-0.2, 0) is 6.42 Å². The zero-order chi connectivity index (χ0) is 15.3. The third-order valence-electron chi connectivity index (χ3n) is 3.83. The van der Waals surface area contributed by atoms with Gasteiger partial charge in [-0.2, -0.15) is 0 Å². The van der Waals surface area contributed by atoms with Crippen molar-refractivity contribution in [3.63, 3.8) is 0 Å². The Bertz CT molecular complexity index is 566. The van der Waals surface area contributed by atoms with Crippen molar-refractivity contribution in [2.24, 2.45) is 0 Å². The van der Waals surface area contributed by atoms with Gasteiger partial charge in [0.1, 0.15) is 0 Å². The van der Waals surface area contributed by atoms with Crippen LogP contribution in [-0.4, -0.2) is 17.2 Å². The highest BCUT2D eigenvalue weighted by molar-refractivity contribution is 5.46. The molecule has 3 heteroatoms. The first kappa shape index (κ1) is 15.5. The van der Waals surface area contributed by atoms with Crippen LogP contribution in [0.25, 0.3) is 0 Å². The summed E-state index contributed by atoms with van der Waals surface area (Å²) in [5.41, 5.74) is 8.43. The van der Waals surface area contributed by atoms with E-state index in [9.17, 15) is 5.11 Å². The van der Waals surface area contributed by atoms with E-state index in [2.05, 4.69) is 5.32 Å². The number of hydrogen-bond donors (Lipinski definition) is 3. The lowest BCUT2D eigenvalue weighted by molar-refractivity contribution is 0.0807. The molecule has 2 rings (SSSR count). The molecule has 0 saturated carbocycles. The molecule has 0 aliphatic rings. The van der Waals surface area contributed by atoms with Gasteiger partial charge in [-0.25, -0.2) is 0 Å². The van der Waals surface area contributed by atoms with E-state index in [0.29, 0.717) is 0 Å². The van der Waals surface area contributed by atoms with Crippen molar-refractivity contribution in [2.75, 3.05) is 12.3 Å². The smallest absolute Gasteiger partial charge is 0.0966 e. The van der Waals surface area contributed by atoms with Gasteiger partial charge in [0.25, 0.3) is 0 Å². The summed E-state index contributed by atoms with van der Waals surface area (Å²) in [5.74, 6) is 0. The van der Waals surface area contributed by atoms with Crippen molar-refractivity contribution in [2.45, 2.75) is 31.9 Å². The molecule has 21 heavy (non-hydrogen) atoms. The summed E-state index contributed by atoms with van der Waals surface area (Å²) in [6.45, 7) is 4.79. The number of benzene rings is 2. The molecular weight excluding hydrogens is 260 g/mol. The molecule has 0 bridgehead atoms. The molecular formula is C18H24N2O. The number of hydrogen-bond acceptors (Lipinski definition) is 3. The summed E-state index contributed by atoms with van der Waals surface area (Å²) in [6, 6.07) is 17.6. The first-order chi connectivity index (χ1) is 10.0. The second-order valence-electron chi connectivity index (χ2n) is 5.91. The van der Waals surface area contributed by atoms with Crippen LogP contribution in [0, 0.1) is 0 Å². The molecule has 2 aromatic carbocycles. The van der Waals surface area contributed by atoms with E-state index in [4.69, 9.17) is 5.73 Å². The molecule has 0 aliphatic carbocycles. The average Bonchev–Trinajstić information content (AvgIpc) is 2.49. The fourth-order valence-electron chi connectivity index (χ4n) is 2.43. The van der Waals surface area contributed by atoms with Crippen LogP contribution >= 0.6 is 0 Å². The predicted octanol–water partition coefficient (Wildman–Crippen LogP) is 2.91. The van der Waals surface area contributed by atoms with Crippen LogP contribution in [0.4, 0.5) is 5.69 Å². The highest BCUT2D eigenvalue weighted by Gasteiger charge is 2.28. The molecule has 4 N–H and O–H groups in total. The Labute approximate surface area is 126 Å². The van der Waals surface area contributed by atoms with Gasteiger partial charge in [-0.1, -0.05) is 48.5 Å². The maximum Gasteiger partial charge on any atom is 0.0966 e. The predicted molar refractivity (Wildman–Crippen MR) is 88.0 cm³/mol. The first-order valence-electron chi connectivity index (χ1n) is 7.32. The lowest BCUT2D eigenvalue weighted by Gasteiger charge is -2.32. The zero-order valence-electron chi connectivity index (χ0n) is 12.7. The molecule has 0 saturated heterocycles. The number of nitrogens with one attached hydrogen (secondary N) is 1. The molecule has 3 nitrogen and oxygen atoms in total. The van der Waals surface area contributed by atoms with Crippen LogP contribution in [0.1, 0.15) is 31.1 Å². The molecule has 0 radical (unpaired) electrons. The van der Waals surface area contributed by atoms with Crippen LogP contribution in [0.15, 0.2) is 54.6 Å². The van der Waals surface area contributed by atoms with Crippen molar-refractivity contribution >= 4 is 5.69 Å². The van der Waals surface area contributed by atoms with Crippen LogP contribution in [0.3, 0.4) is 0 Å². The van der Waals surface area contributed by atoms with Crippen LogP contribution < -0.4 is 11.1 Å². The fourth-order valence-corrected chi connectivity index (χ4v) is 2.43. The number of anilines is 1. The van der Waals surface area contributed by atoms with Gasteiger partial charge >= 0.3 is 0 Å². The number of nitrogens with two attached hydrogens (primary N) is 1. The maximum atomic E-state index is 10.5. The Morgan fingerprint density at radius 1 is 1.05 bits per heavy atom. The molecule has 0 spiro atoms. The van der Waals surface area contributed by atoms with E-state index >= 15 is 0 Å². The SMILES string of the molecule is CC(C)(NCCc1ccccc1N)C(O)c1ccccc1. The summed E-state index contributed by atoms with van der Waals surface area (Å²) in [5, 5.41) is 13.9. The molecule has 0 heterocycles. The van der Waals surface area contributed by atoms with Gasteiger partial charge in [0, 0.05) is 11.2 Å². The van der Waals surface area contributed by atoms with E-state index in [-0.39, 0.29) is 0 Å². The van der Waals surface area contributed by atoms with Crippen molar-refractivity contribution < 1.29 is 5.11 Å². The van der Waals surface area contributed by atoms with E-state index in [1.807, 2.05) is 68.4 Å². The summed E-state index contributed by atoms with van der Waals surface area (Å²) in [6.07, 6.45) is 0.296. The fraction of sp³-hybridized carbons (Fsp3) is 0.333. The molecule has 2 aromatic rings. The first-order valence-corrected chi connectivity index (χ1v) is 7.32. The van der Waals surface area contributed by atoms with E-state index in [0.717, 1.165) is 29.8 Å². The molecule has 0 fully saturated rings. The molecule has 112 valence electrons. The molecule has 1 atom stereocenters. The van der Waals surface area contributed by atoms with Gasteiger partial charge in [0.2, 0.25) is 0 Å². The maximum absolute atomic E-state index is 10.5. The lowest BCUT2D eigenvalue weighted by Crippen LogP contribution is -2.45. The molecule has 1 unspecified atom stereocenters. The summed E-state index contributed by atoms with van der Waals surface area (Å²) >= 11 is 0. The Kier molecular flexibility index (Phi) is 4.99. The minimum atomic E-state index is -0.549. The quantitative estimate of drug-likeness (QED) is 0.715. The summed E-state index contributed by atoms with van der Waals surface area (Å²) in [7, 11) is 0. The third-order valence-corrected chi connectivity index (χ3v) is 3.83. The normalized spacial score (nSPS) is 13.1. The van der Waals surface area contributed by atoms with Gasteiger partial charge in [-0.05, 0) is 44.0 Å². The van der Waals surface area contributed by atoms with Crippen LogP contribution in [0.5, 0.6) is 0 Å². The van der Waals surface area contributed by atoms with Crippen molar-refractivity contribution in [1.82, 2.24) is 5.32 Å². The lowest BCUT2D eigenvalue weighted by atomic mass is 9.91. The standard InChI is InChI=1S/C18H24N2O/c1-18(2,17(21)15-9-4-3-5-10-15)20-13-12-14-8-6-7-11-16(14)19/h3-11,17,20-21H,12-13,19H2,1-2H3. The number of aliphatic hydroxyl groups excluding tert-OH is 1. The molecule has 0 aromatic heterocycles. The van der Waals surface area contributed by atoms with Crippen molar-refractivity contribution in [3.05, 3.63) is 65.7 Å². The summed E-state index contributed by atoms with van der Waals surface area (Å²) < 4.78 is 0. The second-order valence-corrected chi connectivity index (χ2v) is 5.91. The van der Waals surface area contributed by atoms with Crippen LogP contribution in [0.2, 0.25) is 0 Å². The van der Waals surface area contributed by atoms with Gasteiger partial charge in [0.05, 0.1) is 6.10 Å². The Morgan fingerprint density at radius 3 is 2.33 bits per heavy atom. The Morgan fingerprint density at radius 2 is 1.67 bits per heavy atom. The largest absolute Gasteiger partial charge is 0.399 e. The van der Waals surface area contributed by atoms with Gasteiger partial charge in [0.15, 0.2) is 0 Å². The van der Waals surface area contributed by atoms with Crippen molar-refractivity contribution in [1.29, 1.82) is 0 Å². The Hall–Kier alpha value is -1.84. The van der Waals surface area contributed by atoms with E-state index in [1.54, 1.807) is 0 Å². The van der Waals surface area contributed by atoms with Gasteiger partial charge in [-0.15, -0.1) is 0 Å². The topological polar surface area (TPSA) is 58.3 Å². The third kappa shape index (κ3) is 4.06. The highest BCUT2D eigenvalue weighted by Crippen LogP contribution is 2.25. The highest BCUT2D eigenvalue weighted by atomic mass is 16.3. The van der Waals surface area contributed by atoms with E-state index < -0.39 is 11.6 Å². The number of rotatable bonds is 6. The molecule has 0 aliphatic heterocycles. The average molecular weight is 284 g/mol. The monoisotopic (exact) mass is 284 g/mol. The second kappa shape index (κ2) is 6.74. The number of para-hydroxylation sites is 1. The van der Waals surface area contributed by atoms with Gasteiger partial charge in [-0.3, -0.25) is 0 Å². The zero-order valence-corrected chi connectivity index (χ0v) is 12.7. The summed E-state index contributed by atoms with van der Waals surface area (Å²) in [4.78, 5) is 0. The number of nitrogen functional groups attached to an aromatic ring is 1. The minimum absolute atomic E-state index is 0.398. The van der Waals surface area contributed by atoms with Gasteiger partial charge < -0.3 is 16.2 Å². The van der Waals surface area contributed by atoms with E-state index in [1.165, 1.54) is 0 Å². The number of aliphatic hydroxyl groups is 1. The molecule has 0 amide bonds. The Balaban J connectivity index is 1.94. The minimum Gasteiger partial charge on any atom is -0.399 e. The van der Waals surface area contributed by atoms with Crippen molar-refractivity contribution in [3.8, 4) is 0 Å².